The zero-order valence-electron chi connectivity index (χ0n) is 16.0. The fourth-order valence-corrected chi connectivity index (χ4v) is 2.68. The Bertz CT molecular complexity index is 745. The fraction of sp³-hybridized carbons (Fsp3) is 0.381. The number of carbonyl (C=O) groups excluding carboxylic acids is 1. The topological polar surface area (TPSA) is 56.8 Å². The van der Waals surface area contributed by atoms with E-state index in [2.05, 4.69) is 5.32 Å². The molecule has 0 radical (unpaired) electrons. The number of benzene rings is 2. The molecule has 1 N–H and O–H groups in total. The highest BCUT2D eigenvalue weighted by molar-refractivity contribution is 5.81. The van der Waals surface area contributed by atoms with Crippen molar-refractivity contribution in [2.45, 2.75) is 39.3 Å². The Kier molecular flexibility index (Phi) is 6.89. The molecule has 5 nitrogen and oxygen atoms in total. The van der Waals surface area contributed by atoms with Crippen LogP contribution in [0, 0.1) is 6.92 Å². The van der Waals surface area contributed by atoms with Gasteiger partial charge in [0, 0.05) is 0 Å². The first kappa shape index (κ1) is 19.6. The molecule has 0 saturated heterocycles. The summed E-state index contributed by atoms with van der Waals surface area (Å²) in [5.74, 6) is 1.88. The monoisotopic (exact) mass is 357 g/mol. The average Bonchev–Trinajstić information content (AvgIpc) is 2.66. The third kappa shape index (κ3) is 4.69. The van der Waals surface area contributed by atoms with E-state index in [1.165, 1.54) is 0 Å². The van der Waals surface area contributed by atoms with Gasteiger partial charge in [0.05, 0.1) is 20.3 Å². The zero-order valence-corrected chi connectivity index (χ0v) is 16.0. The van der Waals surface area contributed by atoms with Gasteiger partial charge in [-0.3, -0.25) is 4.79 Å². The lowest BCUT2D eigenvalue weighted by molar-refractivity contribution is -0.128. The van der Waals surface area contributed by atoms with Crippen LogP contribution in [-0.4, -0.2) is 26.2 Å². The molecule has 5 heteroatoms. The lowest BCUT2D eigenvalue weighted by atomic mass is 10.1. The third-order valence-corrected chi connectivity index (χ3v) is 4.29. The van der Waals surface area contributed by atoms with Crippen molar-refractivity contribution in [3.05, 3.63) is 53.6 Å². The predicted molar refractivity (Wildman–Crippen MR) is 102 cm³/mol. The second kappa shape index (κ2) is 9.13. The quantitative estimate of drug-likeness (QED) is 0.774. The Morgan fingerprint density at radius 1 is 1.04 bits per heavy atom. The maximum absolute atomic E-state index is 12.7. The fourth-order valence-electron chi connectivity index (χ4n) is 2.68. The Labute approximate surface area is 155 Å². The van der Waals surface area contributed by atoms with Crippen LogP contribution in [0.1, 0.15) is 37.4 Å². The number of rotatable bonds is 8. The lowest BCUT2D eigenvalue weighted by Crippen LogP contribution is -2.39. The van der Waals surface area contributed by atoms with E-state index in [0.717, 1.165) is 16.9 Å². The van der Waals surface area contributed by atoms with Crippen molar-refractivity contribution in [2.75, 3.05) is 14.2 Å². The van der Waals surface area contributed by atoms with Crippen molar-refractivity contribution < 1.29 is 19.0 Å². The van der Waals surface area contributed by atoms with Crippen LogP contribution < -0.4 is 19.5 Å². The molecule has 0 aliphatic carbocycles. The average molecular weight is 357 g/mol. The third-order valence-electron chi connectivity index (χ3n) is 4.29. The molecule has 0 aliphatic rings. The van der Waals surface area contributed by atoms with E-state index in [1.807, 2.05) is 63.2 Å². The van der Waals surface area contributed by atoms with Crippen LogP contribution in [0.25, 0.3) is 0 Å². The molecule has 0 spiro atoms. The van der Waals surface area contributed by atoms with E-state index in [1.54, 1.807) is 14.2 Å². The summed E-state index contributed by atoms with van der Waals surface area (Å²) in [6.45, 7) is 5.83. The molecule has 2 atom stereocenters. The summed E-state index contributed by atoms with van der Waals surface area (Å²) in [6.07, 6.45) is 0.0393. The predicted octanol–water partition coefficient (Wildman–Crippen LogP) is 4.05. The standard InChI is InChI=1S/C21H27NO4/c1-6-17(26-18-10-8-7-9-14(18)2)21(23)22-15(3)16-11-12-19(24-4)20(13-16)25-5/h7-13,15,17H,6H2,1-5H3,(H,22,23)/t15-,17-/m0/s1. The van der Waals surface area contributed by atoms with Gasteiger partial charge in [-0.2, -0.15) is 0 Å². The highest BCUT2D eigenvalue weighted by atomic mass is 16.5. The molecule has 0 fully saturated rings. The molecule has 2 aromatic rings. The first-order chi connectivity index (χ1) is 12.5. The van der Waals surface area contributed by atoms with Crippen molar-refractivity contribution in [1.29, 1.82) is 0 Å². The minimum atomic E-state index is -0.543. The summed E-state index contributed by atoms with van der Waals surface area (Å²) in [6, 6.07) is 13.1. The van der Waals surface area contributed by atoms with E-state index in [0.29, 0.717) is 17.9 Å². The zero-order chi connectivity index (χ0) is 19.1. The van der Waals surface area contributed by atoms with Crippen LogP contribution in [0.3, 0.4) is 0 Å². The number of methoxy groups -OCH3 is 2. The number of carbonyl (C=O) groups is 1. The van der Waals surface area contributed by atoms with Gasteiger partial charge in [0.15, 0.2) is 17.6 Å². The largest absolute Gasteiger partial charge is 0.493 e. The number of para-hydroxylation sites is 1. The second-order valence-corrected chi connectivity index (χ2v) is 6.12. The molecule has 1 amide bonds. The van der Waals surface area contributed by atoms with E-state index in [-0.39, 0.29) is 11.9 Å². The van der Waals surface area contributed by atoms with Gasteiger partial charge < -0.3 is 19.5 Å². The van der Waals surface area contributed by atoms with Gasteiger partial charge in [0.2, 0.25) is 0 Å². The minimum absolute atomic E-state index is 0.141. The molecule has 0 aromatic heterocycles. The molecule has 0 heterocycles. The highest BCUT2D eigenvalue weighted by Crippen LogP contribution is 2.30. The molecule has 140 valence electrons. The summed E-state index contributed by atoms with van der Waals surface area (Å²) in [5.41, 5.74) is 1.94. The number of hydrogen-bond donors (Lipinski definition) is 1. The summed E-state index contributed by atoms with van der Waals surface area (Å²) < 4.78 is 16.5. The van der Waals surface area contributed by atoms with Crippen LogP contribution in [0.15, 0.2) is 42.5 Å². The smallest absolute Gasteiger partial charge is 0.261 e. The van der Waals surface area contributed by atoms with Gasteiger partial charge in [-0.15, -0.1) is 0 Å². The normalized spacial score (nSPS) is 12.8. The molecule has 2 rings (SSSR count). The van der Waals surface area contributed by atoms with Crippen molar-refractivity contribution in [1.82, 2.24) is 5.32 Å². The Morgan fingerprint density at radius 3 is 2.35 bits per heavy atom. The Balaban J connectivity index is 2.08. The van der Waals surface area contributed by atoms with Crippen molar-refractivity contribution >= 4 is 5.91 Å². The molecule has 0 aliphatic heterocycles. The molecular formula is C21H27NO4. The molecule has 26 heavy (non-hydrogen) atoms. The number of ether oxygens (including phenoxy) is 3. The molecule has 2 aromatic carbocycles. The summed E-state index contributed by atoms with van der Waals surface area (Å²) >= 11 is 0. The molecule has 0 unspecified atom stereocenters. The van der Waals surface area contributed by atoms with Crippen molar-refractivity contribution in [3.8, 4) is 17.2 Å². The number of amides is 1. The first-order valence-electron chi connectivity index (χ1n) is 8.74. The molecular weight excluding hydrogens is 330 g/mol. The summed E-state index contributed by atoms with van der Waals surface area (Å²) in [4.78, 5) is 12.7. The van der Waals surface area contributed by atoms with Crippen LogP contribution in [0.5, 0.6) is 17.2 Å². The van der Waals surface area contributed by atoms with Crippen LogP contribution in [-0.2, 0) is 4.79 Å². The van der Waals surface area contributed by atoms with Gasteiger partial charge in [-0.1, -0.05) is 31.2 Å². The lowest BCUT2D eigenvalue weighted by Gasteiger charge is -2.22. The van der Waals surface area contributed by atoms with Gasteiger partial charge in [0.25, 0.3) is 5.91 Å². The van der Waals surface area contributed by atoms with Gasteiger partial charge >= 0.3 is 0 Å². The molecule has 0 bridgehead atoms. The Morgan fingerprint density at radius 2 is 1.73 bits per heavy atom. The van der Waals surface area contributed by atoms with E-state index in [9.17, 15) is 4.79 Å². The van der Waals surface area contributed by atoms with Gasteiger partial charge in [-0.05, 0) is 49.6 Å². The summed E-state index contributed by atoms with van der Waals surface area (Å²) in [5, 5.41) is 3.02. The first-order valence-corrected chi connectivity index (χ1v) is 8.74. The number of nitrogens with one attached hydrogen (secondary N) is 1. The van der Waals surface area contributed by atoms with E-state index >= 15 is 0 Å². The Hall–Kier alpha value is -2.69. The van der Waals surface area contributed by atoms with Crippen LogP contribution >= 0.6 is 0 Å². The van der Waals surface area contributed by atoms with Gasteiger partial charge in [-0.25, -0.2) is 0 Å². The van der Waals surface area contributed by atoms with Crippen LogP contribution in [0.2, 0.25) is 0 Å². The SMILES string of the molecule is CC[C@H](Oc1ccccc1C)C(=O)N[C@@H](C)c1ccc(OC)c(OC)c1. The number of aryl methyl sites for hydroxylation is 1. The van der Waals surface area contributed by atoms with Gasteiger partial charge in [0.1, 0.15) is 5.75 Å². The maximum atomic E-state index is 12.7. The van der Waals surface area contributed by atoms with Crippen molar-refractivity contribution in [2.24, 2.45) is 0 Å². The summed E-state index contributed by atoms with van der Waals surface area (Å²) in [7, 11) is 3.19. The van der Waals surface area contributed by atoms with E-state index in [4.69, 9.17) is 14.2 Å². The van der Waals surface area contributed by atoms with Crippen LogP contribution in [0.4, 0.5) is 0 Å². The minimum Gasteiger partial charge on any atom is -0.493 e. The van der Waals surface area contributed by atoms with E-state index < -0.39 is 6.10 Å². The van der Waals surface area contributed by atoms with Crippen molar-refractivity contribution in [3.63, 3.8) is 0 Å². The second-order valence-electron chi connectivity index (χ2n) is 6.12. The maximum Gasteiger partial charge on any atom is 0.261 e. The number of hydrogen-bond acceptors (Lipinski definition) is 4. The molecule has 0 saturated carbocycles. The highest BCUT2D eigenvalue weighted by Gasteiger charge is 2.21.